The van der Waals surface area contributed by atoms with E-state index in [0.717, 1.165) is 32.4 Å². The molecule has 0 N–H and O–H groups in total. The molecule has 2 aromatic rings. The fraction of sp³-hybridized carbons (Fsp3) is 0.607. The fourth-order valence-corrected chi connectivity index (χ4v) is 5.24. The van der Waals surface area contributed by atoms with Crippen molar-refractivity contribution < 1.29 is 4.79 Å². The highest BCUT2D eigenvalue weighted by Gasteiger charge is 2.28. The van der Waals surface area contributed by atoms with E-state index in [1.807, 2.05) is 0 Å². The topological polar surface area (TPSA) is 25.2 Å². The maximum absolute atomic E-state index is 13.5. The van der Waals surface area contributed by atoms with Crippen LogP contribution in [-0.4, -0.2) is 21.4 Å². The fourth-order valence-electron chi connectivity index (χ4n) is 5.24. The third-order valence-corrected chi connectivity index (χ3v) is 6.68. The maximum Gasteiger partial charge on any atom is 0.223 e. The van der Waals surface area contributed by atoms with Gasteiger partial charge in [0.1, 0.15) is 0 Å². The zero-order chi connectivity index (χ0) is 22.4. The minimum absolute atomic E-state index is 0.262. The van der Waals surface area contributed by atoms with Gasteiger partial charge in [-0.3, -0.25) is 4.79 Å². The molecule has 1 aromatic heterocycles. The van der Waals surface area contributed by atoms with Crippen molar-refractivity contribution in [3.05, 3.63) is 59.4 Å². The van der Waals surface area contributed by atoms with Gasteiger partial charge in [0.2, 0.25) is 5.91 Å². The summed E-state index contributed by atoms with van der Waals surface area (Å²) in [6.45, 7) is 12.8. The van der Waals surface area contributed by atoms with E-state index >= 15 is 0 Å². The Bertz CT molecular complexity index is 839. The number of nitrogens with zero attached hydrogens (tertiary/aromatic N) is 2. The second kappa shape index (κ2) is 10.5. The minimum Gasteiger partial charge on any atom is -0.345 e. The van der Waals surface area contributed by atoms with Gasteiger partial charge in [-0.2, -0.15) is 0 Å². The predicted octanol–water partition coefficient (Wildman–Crippen LogP) is 6.97. The molecule has 3 heteroatoms. The molecule has 1 amide bonds. The molecule has 0 saturated heterocycles. The summed E-state index contributed by atoms with van der Waals surface area (Å²) in [5.41, 5.74) is 4.16. The predicted molar refractivity (Wildman–Crippen MR) is 130 cm³/mol. The van der Waals surface area contributed by atoms with E-state index in [2.05, 4.69) is 86.7 Å². The Kier molecular flexibility index (Phi) is 8.02. The van der Waals surface area contributed by atoms with E-state index in [-0.39, 0.29) is 5.41 Å². The molecule has 1 atom stereocenters. The van der Waals surface area contributed by atoms with Crippen molar-refractivity contribution in [1.82, 2.24) is 9.47 Å². The summed E-state index contributed by atoms with van der Waals surface area (Å²) in [5.74, 6) is 0.754. The molecule has 0 bridgehead atoms. The number of hydrogen-bond acceptors (Lipinski definition) is 1. The molecule has 1 unspecified atom stereocenters. The third-order valence-electron chi connectivity index (χ3n) is 6.68. The second-order valence-corrected chi connectivity index (χ2v) is 10.9. The Labute approximate surface area is 189 Å². The third kappa shape index (κ3) is 6.98. The molecule has 3 rings (SSSR count). The molecule has 1 saturated carbocycles. The molecule has 31 heavy (non-hydrogen) atoms. The van der Waals surface area contributed by atoms with Crippen molar-refractivity contribution in [2.75, 3.05) is 0 Å². The van der Waals surface area contributed by atoms with E-state index in [1.165, 1.54) is 36.1 Å². The summed E-state index contributed by atoms with van der Waals surface area (Å²) in [6, 6.07) is 13.3. The van der Waals surface area contributed by atoms with Gasteiger partial charge < -0.3 is 9.47 Å². The van der Waals surface area contributed by atoms with Crippen molar-refractivity contribution in [3.63, 3.8) is 0 Å². The largest absolute Gasteiger partial charge is 0.345 e. The Balaban J connectivity index is 1.76. The average molecular weight is 423 g/mol. The molecular formula is C28H42N2O. The van der Waals surface area contributed by atoms with Gasteiger partial charge in [-0.25, -0.2) is 0 Å². The number of hydrogen-bond donors (Lipinski definition) is 0. The lowest BCUT2D eigenvalue weighted by atomic mass is 9.84. The van der Waals surface area contributed by atoms with Gasteiger partial charge >= 0.3 is 0 Å². The van der Waals surface area contributed by atoms with Crippen LogP contribution >= 0.6 is 0 Å². The van der Waals surface area contributed by atoms with Crippen molar-refractivity contribution in [2.45, 2.75) is 98.7 Å². The highest BCUT2D eigenvalue weighted by atomic mass is 16.2. The number of rotatable bonds is 8. The normalized spacial score (nSPS) is 16.3. The monoisotopic (exact) mass is 422 g/mol. The SMILES string of the molecule is Cc1ccccc1Cn1cccc1CN(C(=O)CC(C)CC(C)(C)C)C1CCCCC1. The van der Waals surface area contributed by atoms with Crippen LogP contribution in [0.2, 0.25) is 0 Å². The minimum atomic E-state index is 0.262. The van der Waals surface area contributed by atoms with Crippen LogP contribution in [0, 0.1) is 18.3 Å². The van der Waals surface area contributed by atoms with Crippen molar-refractivity contribution in [1.29, 1.82) is 0 Å². The Hall–Kier alpha value is -2.03. The summed E-state index contributed by atoms with van der Waals surface area (Å²) in [4.78, 5) is 15.7. The summed E-state index contributed by atoms with van der Waals surface area (Å²) < 4.78 is 2.32. The lowest BCUT2D eigenvalue weighted by molar-refractivity contribution is -0.136. The molecule has 1 fully saturated rings. The molecule has 0 aliphatic heterocycles. The smallest absolute Gasteiger partial charge is 0.223 e. The van der Waals surface area contributed by atoms with E-state index < -0.39 is 0 Å². The zero-order valence-corrected chi connectivity index (χ0v) is 20.4. The van der Waals surface area contributed by atoms with E-state index in [4.69, 9.17) is 0 Å². The van der Waals surface area contributed by atoms with Gasteiger partial charge in [0.15, 0.2) is 0 Å². The van der Waals surface area contributed by atoms with Gasteiger partial charge in [-0.15, -0.1) is 0 Å². The van der Waals surface area contributed by atoms with Crippen LogP contribution in [0.5, 0.6) is 0 Å². The number of amides is 1. The number of aromatic nitrogens is 1. The van der Waals surface area contributed by atoms with Crippen LogP contribution in [-0.2, 0) is 17.9 Å². The lowest BCUT2D eigenvalue weighted by Crippen LogP contribution is -2.42. The van der Waals surface area contributed by atoms with Crippen LogP contribution in [0.25, 0.3) is 0 Å². The highest BCUT2D eigenvalue weighted by Crippen LogP contribution is 2.29. The van der Waals surface area contributed by atoms with E-state index in [9.17, 15) is 4.79 Å². The molecule has 0 spiro atoms. The van der Waals surface area contributed by atoms with Crippen LogP contribution in [0.4, 0.5) is 0 Å². The number of benzene rings is 1. The van der Waals surface area contributed by atoms with Crippen LogP contribution < -0.4 is 0 Å². The quantitative estimate of drug-likeness (QED) is 0.451. The van der Waals surface area contributed by atoms with Crippen LogP contribution in [0.1, 0.15) is 89.5 Å². The molecule has 170 valence electrons. The van der Waals surface area contributed by atoms with Gasteiger partial charge in [0.05, 0.1) is 6.54 Å². The first kappa shape index (κ1) is 23.6. The Morgan fingerprint density at radius 2 is 1.81 bits per heavy atom. The molecular weight excluding hydrogens is 380 g/mol. The standard InChI is InChI=1S/C28H42N2O/c1-22(19-28(3,4)5)18-27(31)30(25-14-7-6-8-15-25)21-26-16-11-17-29(26)20-24-13-10-9-12-23(24)2/h9-13,16-17,22,25H,6-8,14-15,18-21H2,1-5H3. The summed E-state index contributed by atoms with van der Waals surface area (Å²) in [5, 5.41) is 0. The summed E-state index contributed by atoms with van der Waals surface area (Å²) in [6.07, 6.45) is 10.0. The van der Waals surface area contributed by atoms with Crippen LogP contribution in [0.15, 0.2) is 42.6 Å². The number of carbonyl (C=O) groups is 1. The van der Waals surface area contributed by atoms with Crippen molar-refractivity contribution >= 4 is 5.91 Å². The van der Waals surface area contributed by atoms with E-state index in [0.29, 0.717) is 24.3 Å². The Morgan fingerprint density at radius 1 is 1.10 bits per heavy atom. The average Bonchev–Trinajstić information content (AvgIpc) is 3.13. The highest BCUT2D eigenvalue weighted by molar-refractivity contribution is 5.76. The summed E-state index contributed by atoms with van der Waals surface area (Å²) in [7, 11) is 0. The molecule has 3 nitrogen and oxygen atoms in total. The summed E-state index contributed by atoms with van der Waals surface area (Å²) >= 11 is 0. The van der Waals surface area contributed by atoms with Crippen molar-refractivity contribution in [2.24, 2.45) is 11.3 Å². The molecule has 1 heterocycles. The molecule has 1 aliphatic carbocycles. The molecule has 0 radical (unpaired) electrons. The first-order valence-corrected chi connectivity index (χ1v) is 12.2. The van der Waals surface area contributed by atoms with Gasteiger partial charge in [0.25, 0.3) is 0 Å². The Morgan fingerprint density at radius 3 is 2.48 bits per heavy atom. The zero-order valence-electron chi connectivity index (χ0n) is 20.4. The lowest BCUT2D eigenvalue weighted by Gasteiger charge is -2.36. The first-order valence-electron chi connectivity index (χ1n) is 12.2. The molecule has 1 aliphatic rings. The van der Waals surface area contributed by atoms with Gasteiger partial charge in [0, 0.05) is 30.9 Å². The van der Waals surface area contributed by atoms with Crippen LogP contribution in [0.3, 0.4) is 0 Å². The second-order valence-electron chi connectivity index (χ2n) is 10.9. The van der Waals surface area contributed by atoms with Gasteiger partial charge in [-0.05, 0) is 60.8 Å². The van der Waals surface area contributed by atoms with Gasteiger partial charge in [-0.1, -0.05) is 71.2 Å². The maximum atomic E-state index is 13.5. The van der Waals surface area contributed by atoms with Crippen molar-refractivity contribution in [3.8, 4) is 0 Å². The number of aryl methyl sites for hydroxylation is 1. The molecule has 1 aromatic carbocycles. The first-order chi connectivity index (χ1) is 14.7. The van der Waals surface area contributed by atoms with E-state index in [1.54, 1.807) is 0 Å². The number of carbonyl (C=O) groups excluding carboxylic acids is 1.